The van der Waals surface area contributed by atoms with Gasteiger partial charge in [-0.05, 0) is 31.2 Å². The second kappa shape index (κ2) is 9.27. The highest BCUT2D eigenvalue weighted by Crippen LogP contribution is 2.30. The number of benzene rings is 2. The van der Waals surface area contributed by atoms with Crippen molar-refractivity contribution in [2.24, 2.45) is 5.10 Å². The second-order valence-corrected chi connectivity index (χ2v) is 9.17. The van der Waals surface area contributed by atoms with E-state index < -0.39 is 20.6 Å². The van der Waals surface area contributed by atoms with Gasteiger partial charge in [-0.1, -0.05) is 29.3 Å². The highest BCUT2D eigenvalue weighted by Gasteiger charge is 2.28. The van der Waals surface area contributed by atoms with Crippen molar-refractivity contribution in [1.29, 1.82) is 0 Å². The molecule has 2 aromatic rings. The van der Waals surface area contributed by atoms with E-state index in [1.54, 1.807) is 25.1 Å². The van der Waals surface area contributed by atoms with Crippen LogP contribution < -0.4 is 5.43 Å². The molecule has 0 aromatic heterocycles. The molecule has 1 aliphatic heterocycles. The number of hydrogen-bond donors (Lipinski definition) is 1. The topological polar surface area (TPSA) is 114 Å². The summed E-state index contributed by atoms with van der Waals surface area (Å²) >= 11 is 12.0. The minimum atomic E-state index is -3.86. The number of nitrogens with zero attached hydrogens (tertiary/aromatic N) is 3. The number of nitrogens with one attached hydrogen (secondary N) is 1. The van der Waals surface area contributed by atoms with Gasteiger partial charge in [0.05, 0.1) is 33.8 Å². The molecular formula is C18H18Cl2N4O5S. The summed E-state index contributed by atoms with van der Waals surface area (Å²) in [6.45, 7) is 2.62. The number of morpholine rings is 1. The quantitative estimate of drug-likeness (QED) is 0.388. The Kier molecular flexibility index (Phi) is 6.94. The lowest BCUT2D eigenvalue weighted by Crippen LogP contribution is -2.40. The third kappa shape index (κ3) is 4.90. The van der Waals surface area contributed by atoms with Gasteiger partial charge < -0.3 is 4.74 Å². The third-order valence-corrected chi connectivity index (χ3v) is 6.88. The number of anilines is 1. The minimum absolute atomic E-state index is 0.0466. The zero-order valence-electron chi connectivity index (χ0n) is 15.8. The molecular weight excluding hydrogens is 455 g/mol. The molecule has 30 heavy (non-hydrogen) atoms. The van der Waals surface area contributed by atoms with Crippen LogP contribution in [0.5, 0.6) is 0 Å². The van der Waals surface area contributed by atoms with Gasteiger partial charge in [-0.2, -0.15) is 9.41 Å². The Bertz CT molecular complexity index is 1100. The molecule has 1 aliphatic rings. The van der Waals surface area contributed by atoms with Gasteiger partial charge in [-0.25, -0.2) is 8.42 Å². The standard InChI is InChI=1S/C18H18Cl2N4O5S/c1-12(15-4-2-13(19)10-16(15)20)21-22-17-5-3-14(11-18(17)24(25)26)30(27,28)23-6-8-29-9-7-23/h2-5,10-11,22H,6-9H2,1H3/b21-12+. The molecule has 160 valence electrons. The van der Waals surface area contributed by atoms with Crippen molar-refractivity contribution in [2.75, 3.05) is 31.7 Å². The average Bonchev–Trinajstić information content (AvgIpc) is 2.72. The normalized spacial score (nSPS) is 15.8. The first-order chi connectivity index (χ1) is 14.2. The zero-order chi connectivity index (χ0) is 21.9. The van der Waals surface area contributed by atoms with E-state index in [-0.39, 0.29) is 36.9 Å². The number of sulfonamides is 1. The lowest BCUT2D eigenvalue weighted by atomic mass is 10.1. The Balaban J connectivity index is 1.89. The first kappa shape index (κ1) is 22.4. The van der Waals surface area contributed by atoms with Gasteiger partial charge >= 0.3 is 0 Å². The van der Waals surface area contributed by atoms with Crippen LogP contribution in [0.4, 0.5) is 11.4 Å². The lowest BCUT2D eigenvalue weighted by Gasteiger charge is -2.26. The van der Waals surface area contributed by atoms with Gasteiger partial charge in [-0.3, -0.25) is 15.5 Å². The van der Waals surface area contributed by atoms with E-state index in [1.165, 1.54) is 16.4 Å². The largest absolute Gasteiger partial charge is 0.379 e. The molecule has 0 spiro atoms. The molecule has 0 amide bonds. The van der Waals surface area contributed by atoms with Gasteiger partial charge in [0.1, 0.15) is 5.69 Å². The molecule has 0 aliphatic carbocycles. The molecule has 2 aromatic carbocycles. The molecule has 9 nitrogen and oxygen atoms in total. The number of ether oxygens (including phenoxy) is 1. The van der Waals surface area contributed by atoms with Crippen LogP contribution in [0, 0.1) is 10.1 Å². The molecule has 1 fully saturated rings. The van der Waals surface area contributed by atoms with E-state index in [1.807, 2.05) is 0 Å². The highest BCUT2D eigenvalue weighted by molar-refractivity contribution is 7.89. The number of halogens is 2. The molecule has 3 rings (SSSR count). The van der Waals surface area contributed by atoms with Gasteiger partial charge in [-0.15, -0.1) is 0 Å². The number of hydrogen-bond acceptors (Lipinski definition) is 7. The van der Waals surface area contributed by atoms with Gasteiger partial charge in [0.15, 0.2) is 0 Å². The molecule has 0 bridgehead atoms. The predicted octanol–water partition coefficient (Wildman–Crippen LogP) is 3.76. The molecule has 1 N–H and O–H groups in total. The van der Waals surface area contributed by atoms with Crippen LogP contribution in [-0.2, 0) is 14.8 Å². The first-order valence-electron chi connectivity index (χ1n) is 8.82. The van der Waals surface area contributed by atoms with E-state index in [4.69, 9.17) is 27.9 Å². The third-order valence-electron chi connectivity index (χ3n) is 4.44. The summed E-state index contributed by atoms with van der Waals surface area (Å²) in [7, 11) is -3.86. The van der Waals surface area contributed by atoms with E-state index >= 15 is 0 Å². The second-order valence-electron chi connectivity index (χ2n) is 6.39. The maximum Gasteiger partial charge on any atom is 0.295 e. The fourth-order valence-electron chi connectivity index (χ4n) is 2.84. The van der Waals surface area contributed by atoms with Crippen molar-refractivity contribution >= 4 is 50.3 Å². The van der Waals surface area contributed by atoms with E-state index in [9.17, 15) is 18.5 Å². The molecule has 12 heteroatoms. The molecule has 0 radical (unpaired) electrons. The number of nitro groups is 1. The van der Waals surface area contributed by atoms with Crippen LogP contribution in [0.3, 0.4) is 0 Å². The Morgan fingerprint density at radius 3 is 2.53 bits per heavy atom. The van der Waals surface area contributed by atoms with Crippen LogP contribution in [-0.4, -0.2) is 49.7 Å². The Labute approximate surface area is 183 Å². The van der Waals surface area contributed by atoms with Crippen LogP contribution in [0.15, 0.2) is 46.4 Å². The zero-order valence-corrected chi connectivity index (χ0v) is 18.2. The predicted molar refractivity (Wildman–Crippen MR) is 115 cm³/mol. The van der Waals surface area contributed by atoms with Crippen LogP contribution in [0.1, 0.15) is 12.5 Å². The van der Waals surface area contributed by atoms with Crippen LogP contribution in [0.25, 0.3) is 0 Å². The summed E-state index contributed by atoms with van der Waals surface area (Å²) in [5.74, 6) is 0. The minimum Gasteiger partial charge on any atom is -0.379 e. The SMILES string of the molecule is C/C(=N\Nc1ccc(S(=O)(=O)N2CCOCC2)cc1[N+](=O)[O-])c1ccc(Cl)cc1Cl. The fourth-order valence-corrected chi connectivity index (χ4v) is 4.81. The fraction of sp³-hybridized carbons (Fsp3) is 0.278. The van der Waals surface area contributed by atoms with Crippen LogP contribution >= 0.6 is 23.2 Å². The average molecular weight is 473 g/mol. The van der Waals surface area contributed by atoms with E-state index in [0.29, 0.717) is 21.3 Å². The van der Waals surface area contributed by atoms with Crippen molar-refractivity contribution < 1.29 is 18.1 Å². The summed E-state index contributed by atoms with van der Waals surface area (Å²) in [5.41, 5.74) is 3.32. The maximum absolute atomic E-state index is 12.8. The Hall–Kier alpha value is -2.24. The molecule has 1 heterocycles. The first-order valence-corrected chi connectivity index (χ1v) is 11.0. The smallest absolute Gasteiger partial charge is 0.295 e. The molecule has 0 unspecified atom stereocenters. The van der Waals surface area contributed by atoms with Gasteiger partial charge in [0, 0.05) is 29.7 Å². The molecule has 0 saturated carbocycles. The Morgan fingerprint density at radius 1 is 1.20 bits per heavy atom. The Morgan fingerprint density at radius 2 is 1.90 bits per heavy atom. The van der Waals surface area contributed by atoms with Crippen LogP contribution in [0.2, 0.25) is 10.0 Å². The van der Waals surface area contributed by atoms with Crippen molar-refractivity contribution in [2.45, 2.75) is 11.8 Å². The number of nitro benzene ring substituents is 1. The lowest BCUT2D eigenvalue weighted by molar-refractivity contribution is -0.384. The summed E-state index contributed by atoms with van der Waals surface area (Å²) in [5, 5.41) is 16.5. The van der Waals surface area contributed by atoms with Crippen molar-refractivity contribution in [3.8, 4) is 0 Å². The van der Waals surface area contributed by atoms with E-state index in [0.717, 1.165) is 6.07 Å². The van der Waals surface area contributed by atoms with Gasteiger partial charge in [0.25, 0.3) is 5.69 Å². The number of rotatable bonds is 6. The summed E-state index contributed by atoms with van der Waals surface area (Å²) in [6, 6.07) is 8.53. The number of hydrazone groups is 1. The summed E-state index contributed by atoms with van der Waals surface area (Å²) in [4.78, 5) is 10.7. The highest BCUT2D eigenvalue weighted by atomic mass is 35.5. The van der Waals surface area contributed by atoms with Crippen molar-refractivity contribution in [3.05, 3.63) is 62.1 Å². The monoisotopic (exact) mass is 472 g/mol. The van der Waals surface area contributed by atoms with Gasteiger partial charge in [0.2, 0.25) is 10.0 Å². The maximum atomic E-state index is 12.8. The van der Waals surface area contributed by atoms with E-state index in [2.05, 4.69) is 10.5 Å². The van der Waals surface area contributed by atoms with Crippen molar-refractivity contribution in [1.82, 2.24) is 4.31 Å². The molecule has 1 saturated heterocycles. The summed E-state index contributed by atoms with van der Waals surface area (Å²) < 4.78 is 31.9. The summed E-state index contributed by atoms with van der Waals surface area (Å²) in [6.07, 6.45) is 0. The van der Waals surface area contributed by atoms with Crippen molar-refractivity contribution in [3.63, 3.8) is 0 Å². The molecule has 0 atom stereocenters.